The number of carbonyl (C=O) groups is 1. The summed E-state index contributed by atoms with van der Waals surface area (Å²) in [6.45, 7) is 1.50. The molecule has 0 aliphatic heterocycles. The van der Waals surface area contributed by atoms with E-state index < -0.39 is 12.1 Å². The summed E-state index contributed by atoms with van der Waals surface area (Å²) in [5.74, 6) is -0.390. The van der Waals surface area contributed by atoms with Crippen molar-refractivity contribution < 1.29 is 14.6 Å². The summed E-state index contributed by atoms with van der Waals surface area (Å²) < 4.78 is 5.16. The third-order valence-electron chi connectivity index (χ3n) is 1.74. The zero-order valence-corrected chi connectivity index (χ0v) is 9.32. The lowest BCUT2D eigenvalue weighted by Crippen LogP contribution is -2.22. The summed E-state index contributed by atoms with van der Waals surface area (Å²) in [6.07, 6.45) is -0.815. The van der Waals surface area contributed by atoms with Crippen molar-refractivity contribution in [3.8, 4) is 5.75 Å². The molecular weight excluding hydrogens is 248 g/mol. The highest BCUT2D eigenvalue weighted by Crippen LogP contribution is 2.15. The number of carboxylic acids is 1. The lowest BCUT2D eigenvalue weighted by molar-refractivity contribution is -0.144. The summed E-state index contributed by atoms with van der Waals surface area (Å²) in [5, 5.41) is 9.39. The quantitative estimate of drug-likeness (QED) is 0.844. The van der Waals surface area contributed by atoms with Gasteiger partial charge in [-0.25, -0.2) is 4.79 Å². The number of hydrogen-bond acceptors (Lipinski definition) is 2. The van der Waals surface area contributed by atoms with E-state index >= 15 is 0 Å². The van der Waals surface area contributed by atoms with Crippen molar-refractivity contribution in [1.29, 1.82) is 0 Å². The molecule has 14 heavy (non-hydrogen) atoms. The molecule has 0 saturated heterocycles. The second kappa shape index (κ2) is 5.00. The molecule has 1 aromatic rings. The summed E-state index contributed by atoms with van der Waals surface area (Å²) in [5.41, 5.74) is 1.13. The standard InChI is InChI=1S/C10H11BrO3/c1-7(10(12)13)14-9-4-2-8(6-11)3-5-9/h2-5,7H,6H2,1H3,(H,12,13). The Morgan fingerprint density at radius 1 is 1.50 bits per heavy atom. The molecule has 76 valence electrons. The minimum Gasteiger partial charge on any atom is -0.479 e. The lowest BCUT2D eigenvalue weighted by atomic mass is 10.2. The van der Waals surface area contributed by atoms with Crippen LogP contribution in [0.15, 0.2) is 24.3 Å². The van der Waals surface area contributed by atoms with Crippen molar-refractivity contribution >= 4 is 21.9 Å². The van der Waals surface area contributed by atoms with Crippen molar-refractivity contribution in [2.75, 3.05) is 0 Å². The molecule has 0 bridgehead atoms. The van der Waals surface area contributed by atoms with Crippen molar-refractivity contribution in [2.45, 2.75) is 18.4 Å². The Morgan fingerprint density at radius 2 is 2.07 bits per heavy atom. The van der Waals surface area contributed by atoms with Crippen LogP contribution in [0, 0.1) is 0 Å². The SMILES string of the molecule is CC(Oc1ccc(CBr)cc1)C(=O)O. The molecule has 0 radical (unpaired) electrons. The van der Waals surface area contributed by atoms with Gasteiger partial charge in [0.05, 0.1) is 0 Å². The third-order valence-corrected chi connectivity index (χ3v) is 2.39. The van der Waals surface area contributed by atoms with E-state index in [9.17, 15) is 4.79 Å². The van der Waals surface area contributed by atoms with Crippen LogP contribution in [-0.4, -0.2) is 17.2 Å². The highest BCUT2D eigenvalue weighted by atomic mass is 79.9. The minimum absolute atomic E-state index is 0.574. The number of aliphatic carboxylic acids is 1. The van der Waals surface area contributed by atoms with Crippen LogP contribution in [0.25, 0.3) is 0 Å². The van der Waals surface area contributed by atoms with Crippen LogP contribution in [0.1, 0.15) is 12.5 Å². The number of benzene rings is 1. The molecule has 0 fully saturated rings. The molecule has 1 aromatic carbocycles. The number of halogens is 1. The van der Waals surface area contributed by atoms with Crippen LogP contribution in [0.3, 0.4) is 0 Å². The van der Waals surface area contributed by atoms with Gasteiger partial charge >= 0.3 is 5.97 Å². The largest absolute Gasteiger partial charge is 0.479 e. The zero-order valence-electron chi connectivity index (χ0n) is 7.74. The first-order chi connectivity index (χ1) is 6.63. The van der Waals surface area contributed by atoms with E-state index in [1.54, 1.807) is 12.1 Å². The molecule has 1 rings (SSSR count). The van der Waals surface area contributed by atoms with Crippen LogP contribution in [0.5, 0.6) is 5.75 Å². The van der Waals surface area contributed by atoms with Gasteiger partial charge in [-0.15, -0.1) is 0 Å². The summed E-state index contributed by atoms with van der Waals surface area (Å²) >= 11 is 3.32. The molecule has 4 heteroatoms. The fourth-order valence-corrected chi connectivity index (χ4v) is 1.29. The van der Waals surface area contributed by atoms with Crippen LogP contribution in [0.4, 0.5) is 0 Å². The molecule has 0 amide bonds. The van der Waals surface area contributed by atoms with E-state index in [-0.39, 0.29) is 0 Å². The van der Waals surface area contributed by atoms with Gasteiger partial charge in [-0.2, -0.15) is 0 Å². The van der Waals surface area contributed by atoms with E-state index in [0.717, 1.165) is 10.9 Å². The topological polar surface area (TPSA) is 46.5 Å². The number of hydrogen-bond donors (Lipinski definition) is 1. The summed E-state index contributed by atoms with van der Waals surface area (Å²) in [4.78, 5) is 10.5. The Balaban J connectivity index is 2.64. The highest BCUT2D eigenvalue weighted by Gasteiger charge is 2.11. The highest BCUT2D eigenvalue weighted by molar-refractivity contribution is 9.08. The monoisotopic (exact) mass is 258 g/mol. The first-order valence-electron chi connectivity index (χ1n) is 4.18. The van der Waals surface area contributed by atoms with Gasteiger partial charge in [0.25, 0.3) is 0 Å². The Morgan fingerprint density at radius 3 is 2.50 bits per heavy atom. The van der Waals surface area contributed by atoms with Gasteiger partial charge < -0.3 is 9.84 Å². The average Bonchev–Trinajstić information content (AvgIpc) is 2.19. The maximum absolute atomic E-state index is 10.5. The van der Waals surface area contributed by atoms with E-state index in [2.05, 4.69) is 15.9 Å². The molecule has 1 N–H and O–H groups in total. The number of ether oxygens (including phenoxy) is 1. The molecule has 0 saturated carbocycles. The van der Waals surface area contributed by atoms with E-state index in [0.29, 0.717) is 5.75 Å². The van der Waals surface area contributed by atoms with Crippen molar-refractivity contribution in [3.05, 3.63) is 29.8 Å². The molecule has 1 atom stereocenters. The molecule has 0 aliphatic rings. The van der Waals surface area contributed by atoms with Gasteiger partial charge in [-0.05, 0) is 24.6 Å². The molecule has 0 aromatic heterocycles. The Bertz CT molecular complexity index is 308. The van der Waals surface area contributed by atoms with Crippen LogP contribution < -0.4 is 4.74 Å². The number of alkyl halides is 1. The number of carboxylic acid groups (broad SMARTS) is 1. The van der Waals surface area contributed by atoms with Gasteiger partial charge in [0.1, 0.15) is 5.75 Å². The van der Waals surface area contributed by atoms with Crippen molar-refractivity contribution in [3.63, 3.8) is 0 Å². The first-order valence-corrected chi connectivity index (χ1v) is 5.30. The first kappa shape index (κ1) is 11.0. The fourth-order valence-electron chi connectivity index (χ4n) is 0.912. The Hall–Kier alpha value is -1.03. The molecule has 0 heterocycles. The van der Waals surface area contributed by atoms with E-state index in [4.69, 9.17) is 9.84 Å². The maximum Gasteiger partial charge on any atom is 0.344 e. The van der Waals surface area contributed by atoms with Gasteiger partial charge in [-0.3, -0.25) is 0 Å². The van der Waals surface area contributed by atoms with Crippen molar-refractivity contribution in [1.82, 2.24) is 0 Å². The minimum atomic E-state index is -0.963. The molecule has 0 spiro atoms. The smallest absolute Gasteiger partial charge is 0.344 e. The molecular formula is C10H11BrO3. The summed E-state index contributed by atoms with van der Waals surface area (Å²) in [7, 11) is 0. The van der Waals surface area contributed by atoms with Gasteiger partial charge in [-0.1, -0.05) is 28.1 Å². The van der Waals surface area contributed by atoms with E-state index in [1.807, 2.05) is 12.1 Å². The van der Waals surface area contributed by atoms with Gasteiger partial charge in [0, 0.05) is 5.33 Å². The van der Waals surface area contributed by atoms with Gasteiger partial charge in [0.15, 0.2) is 6.10 Å². The predicted molar refractivity (Wildman–Crippen MR) is 56.8 cm³/mol. The predicted octanol–water partition coefficient (Wildman–Crippen LogP) is 2.43. The lowest BCUT2D eigenvalue weighted by Gasteiger charge is -2.10. The maximum atomic E-state index is 10.5. The summed E-state index contributed by atoms with van der Waals surface area (Å²) in [6, 6.07) is 7.30. The van der Waals surface area contributed by atoms with Crippen molar-refractivity contribution in [2.24, 2.45) is 0 Å². The second-order valence-corrected chi connectivity index (χ2v) is 3.44. The second-order valence-electron chi connectivity index (χ2n) is 2.88. The Labute approximate surface area is 90.8 Å². The number of rotatable bonds is 4. The van der Waals surface area contributed by atoms with E-state index in [1.165, 1.54) is 6.92 Å². The zero-order chi connectivity index (χ0) is 10.6. The Kier molecular flexibility index (Phi) is 3.95. The van der Waals surface area contributed by atoms with Crippen LogP contribution >= 0.6 is 15.9 Å². The van der Waals surface area contributed by atoms with Gasteiger partial charge in [0.2, 0.25) is 0 Å². The molecule has 0 aliphatic carbocycles. The normalized spacial score (nSPS) is 12.1. The van der Waals surface area contributed by atoms with Crippen LogP contribution in [0.2, 0.25) is 0 Å². The molecule has 3 nitrogen and oxygen atoms in total. The average molecular weight is 259 g/mol. The molecule has 1 unspecified atom stereocenters. The fraction of sp³-hybridized carbons (Fsp3) is 0.300. The third kappa shape index (κ3) is 3.03. The van der Waals surface area contributed by atoms with Crippen LogP contribution in [-0.2, 0) is 10.1 Å².